The number of nitrogens with one attached hydrogen (secondary N) is 1. The van der Waals surface area contributed by atoms with Crippen LogP contribution in [0.4, 0.5) is 0 Å². The molecule has 0 bridgehead atoms. The summed E-state index contributed by atoms with van der Waals surface area (Å²) in [5.41, 5.74) is 0.0227. The normalized spacial score (nSPS) is 19.8. The van der Waals surface area contributed by atoms with Crippen LogP contribution in [0.5, 0.6) is 0 Å². The van der Waals surface area contributed by atoms with Gasteiger partial charge in [0.2, 0.25) is 0 Å². The summed E-state index contributed by atoms with van der Waals surface area (Å²) in [4.78, 5) is 0. The molecule has 2 heteroatoms. The van der Waals surface area contributed by atoms with E-state index in [-0.39, 0.29) is 5.41 Å². The average molecular weight is 152 g/mol. The first-order chi connectivity index (χ1) is 5.18. The number of hydrogen-bond donors (Lipinski definition) is 1. The maximum Gasteiger partial charge on any atom is 0.0703 e. The van der Waals surface area contributed by atoms with E-state index >= 15 is 0 Å². The molecule has 0 aromatic carbocycles. The van der Waals surface area contributed by atoms with Crippen LogP contribution in [0.1, 0.15) is 26.7 Å². The van der Waals surface area contributed by atoms with Gasteiger partial charge in [-0.15, -0.1) is 0 Å². The lowest BCUT2D eigenvalue weighted by Crippen LogP contribution is -2.26. The second-order valence-corrected chi connectivity index (χ2v) is 3.92. The molecule has 11 heavy (non-hydrogen) atoms. The van der Waals surface area contributed by atoms with Gasteiger partial charge in [0.1, 0.15) is 0 Å². The minimum absolute atomic E-state index is 0.0227. The maximum atomic E-state index is 8.73. The Morgan fingerprint density at radius 2 is 2.18 bits per heavy atom. The summed E-state index contributed by atoms with van der Waals surface area (Å²) in [5, 5.41) is 12.0. The van der Waals surface area contributed by atoms with Crippen molar-refractivity contribution in [1.82, 2.24) is 5.32 Å². The fourth-order valence-electron chi connectivity index (χ4n) is 1.08. The van der Waals surface area contributed by atoms with Gasteiger partial charge in [0.25, 0.3) is 0 Å². The molecule has 1 aliphatic carbocycles. The molecule has 1 saturated carbocycles. The molecule has 0 unspecified atom stereocenters. The highest BCUT2D eigenvalue weighted by atomic mass is 14.9. The Balaban J connectivity index is 2.09. The largest absolute Gasteiger partial charge is 0.315 e. The number of hydrogen-bond acceptors (Lipinski definition) is 2. The van der Waals surface area contributed by atoms with E-state index in [2.05, 4.69) is 25.2 Å². The van der Waals surface area contributed by atoms with Gasteiger partial charge < -0.3 is 5.32 Å². The van der Waals surface area contributed by atoms with Crippen molar-refractivity contribution in [3.63, 3.8) is 0 Å². The van der Waals surface area contributed by atoms with Crippen LogP contribution < -0.4 is 5.32 Å². The first-order valence-corrected chi connectivity index (χ1v) is 4.30. The molecule has 62 valence electrons. The van der Waals surface area contributed by atoms with Crippen LogP contribution in [0.15, 0.2) is 0 Å². The van der Waals surface area contributed by atoms with Gasteiger partial charge in [-0.3, -0.25) is 0 Å². The van der Waals surface area contributed by atoms with Crippen molar-refractivity contribution < 1.29 is 0 Å². The van der Waals surface area contributed by atoms with E-state index in [4.69, 9.17) is 5.26 Å². The molecular formula is C9H16N2. The highest BCUT2D eigenvalue weighted by molar-refractivity contribution is 5.10. The summed E-state index contributed by atoms with van der Waals surface area (Å²) in [6.45, 7) is 6.28. The van der Waals surface area contributed by atoms with E-state index in [1.807, 2.05) is 0 Å². The molecule has 0 radical (unpaired) electrons. The molecular weight excluding hydrogens is 136 g/mol. The van der Waals surface area contributed by atoms with Gasteiger partial charge in [-0.25, -0.2) is 0 Å². The highest BCUT2D eigenvalue weighted by Gasteiger charge is 2.42. The van der Waals surface area contributed by atoms with Crippen LogP contribution >= 0.6 is 0 Å². The number of rotatable bonds is 4. The Hall–Kier alpha value is -0.550. The van der Waals surface area contributed by atoms with Crippen molar-refractivity contribution in [3.8, 4) is 6.07 Å². The fourth-order valence-corrected chi connectivity index (χ4v) is 1.08. The molecule has 1 N–H and O–H groups in total. The van der Waals surface area contributed by atoms with Crippen LogP contribution in [0.25, 0.3) is 0 Å². The third-order valence-corrected chi connectivity index (χ3v) is 2.11. The summed E-state index contributed by atoms with van der Waals surface area (Å²) in [5.74, 6) is 0.685. The van der Waals surface area contributed by atoms with Gasteiger partial charge in [0.05, 0.1) is 11.5 Å². The Morgan fingerprint density at radius 1 is 1.55 bits per heavy atom. The zero-order chi connectivity index (χ0) is 8.32. The van der Waals surface area contributed by atoms with Crippen LogP contribution in [0.2, 0.25) is 0 Å². The molecule has 2 nitrogen and oxygen atoms in total. The quantitative estimate of drug-likeness (QED) is 0.663. The molecule has 0 saturated heterocycles. The van der Waals surface area contributed by atoms with Gasteiger partial charge in [-0.05, 0) is 25.3 Å². The average Bonchev–Trinajstić information content (AvgIpc) is 2.69. The smallest absolute Gasteiger partial charge is 0.0703 e. The Morgan fingerprint density at radius 3 is 2.55 bits per heavy atom. The van der Waals surface area contributed by atoms with Gasteiger partial charge in [0.15, 0.2) is 0 Å². The van der Waals surface area contributed by atoms with Gasteiger partial charge >= 0.3 is 0 Å². The molecule has 0 spiro atoms. The first-order valence-electron chi connectivity index (χ1n) is 4.30. The minimum atomic E-state index is 0.0227. The van der Waals surface area contributed by atoms with E-state index in [9.17, 15) is 0 Å². The molecule has 1 aliphatic rings. The Bertz CT molecular complexity index is 163. The third kappa shape index (κ3) is 2.51. The lowest BCUT2D eigenvalue weighted by atomic mass is 10.1. The predicted molar refractivity (Wildman–Crippen MR) is 45.0 cm³/mol. The van der Waals surface area contributed by atoms with E-state index in [1.54, 1.807) is 0 Å². The van der Waals surface area contributed by atoms with Gasteiger partial charge in [-0.1, -0.05) is 13.8 Å². The van der Waals surface area contributed by atoms with E-state index in [0.717, 1.165) is 25.9 Å². The molecule has 0 atom stereocenters. The molecule has 0 aromatic rings. The molecule has 1 fully saturated rings. The minimum Gasteiger partial charge on any atom is -0.315 e. The second-order valence-electron chi connectivity index (χ2n) is 3.92. The lowest BCUT2D eigenvalue weighted by Gasteiger charge is -2.09. The number of nitriles is 1. The summed E-state index contributed by atoms with van der Waals surface area (Å²) in [7, 11) is 0. The maximum absolute atomic E-state index is 8.73. The van der Waals surface area contributed by atoms with Gasteiger partial charge in [0, 0.05) is 6.54 Å². The van der Waals surface area contributed by atoms with Crippen molar-refractivity contribution in [3.05, 3.63) is 0 Å². The van der Waals surface area contributed by atoms with Crippen molar-refractivity contribution >= 4 is 0 Å². The number of nitrogens with zero attached hydrogens (tertiary/aromatic N) is 1. The molecule has 0 heterocycles. The molecule has 0 aromatic heterocycles. The Labute approximate surface area is 68.6 Å². The fraction of sp³-hybridized carbons (Fsp3) is 0.889. The van der Waals surface area contributed by atoms with Crippen LogP contribution in [0.3, 0.4) is 0 Å². The van der Waals surface area contributed by atoms with Crippen molar-refractivity contribution in [1.29, 1.82) is 5.26 Å². The Kier molecular flexibility index (Phi) is 2.51. The summed E-state index contributed by atoms with van der Waals surface area (Å²) in [6.07, 6.45) is 2.18. The highest BCUT2D eigenvalue weighted by Crippen LogP contribution is 2.43. The zero-order valence-corrected chi connectivity index (χ0v) is 7.35. The SMILES string of the molecule is CC(C)CNCC1(C#N)CC1. The monoisotopic (exact) mass is 152 g/mol. The van der Waals surface area contributed by atoms with Crippen molar-refractivity contribution in [2.75, 3.05) is 13.1 Å². The molecule has 0 amide bonds. The zero-order valence-electron chi connectivity index (χ0n) is 7.35. The standard InChI is InChI=1S/C9H16N2/c1-8(2)5-11-7-9(6-10)3-4-9/h8,11H,3-5,7H2,1-2H3. The van der Waals surface area contributed by atoms with Crippen LogP contribution in [0, 0.1) is 22.7 Å². The van der Waals surface area contributed by atoms with E-state index in [0.29, 0.717) is 5.92 Å². The van der Waals surface area contributed by atoms with E-state index in [1.165, 1.54) is 0 Å². The summed E-state index contributed by atoms with van der Waals surface area (Å²) in [6, 6.07) is 2.36. The molecule has 0 aliphatic heterocycles. The second kappa shape index (κ2) is 3.23. The summed E-state index contributed by atoms with van der Waals surface area (Å²) < 4.78 is 0. The van der Waals surface area contributed by atoms with Crippen molar-refractivity contribution in [2.24, 2.45) is 11.3 Å². The molecule has 1 rings (SSSR count). The van der Waals surface area contributed by atoms with E-state index < -0.39 is 0 Å². The lowest BCUT2D eigenvalue weighted by molar-refractivity contribution is 0.499. The van der Waals surface area contributed by atoms with Crippen LogP contribution in [-0.2, 0) is 0 Å². The predicted octanol–water partition coefficient (Wildman–Crippen LogP) is 1.54. The van der Waals surface area contributed by atoms with Crippen LogP contribution in [-0.4, -0.2) is 13.1 Å². The third-order valence-electron chi connectivity index (χ3n) is 2.11. The topological polar surface area (TPSA) is 35.8 Å². The first kappa shape index (κ1) is 8.55. The van der Waals surface area contributed by atoms with Gasteiger partial charge in [-0.2, -0.15) is 5.26 Å². The summed E-state index contributed by atoms with van der Waals surface area (Å²) >= 11 is 0. The van der Waals surface area contributed by atoms with Crippen molar-refractivity contribution in [2.45, 2.75) is 26.7 Å².